The Morgan fingerprint density at radius 2 is 0.870 bits per heavy atom. The number of nitrogens with zero attached hydrogens (tertiary/aromatic N) is 1. The van der Waals surface area contributed by atoms with Crippen molar-refractivity contribution in [2.75, 3.05) is 4.90 Å². The third-order valence-corrected chi connectivity index (χ3v) is 9.00. The second kappa shape index (κ2) is 10.8. The molecular formula is C44H29NO. The molecule has 0 atom stereocenters. The van der Waals surface area contributed by atoms with Crippen LogP contribution in [0.1, 0.15) is 0 Å². The maximum absolute atomic E-state index is 6.27. The molecule has 0 radical (unpaired) electrons. The molecule has 0 aliphatic rings. The van der Waals surface area contributed by atoms with Gasteiger partial charge < -0.3 is 9.32 Å². The van der Waals surface area contributed by atoms with Crippen molar-refractivity contribution < 1.29 is 4.42 Å². The normalized spacial score (nSPS) is 11.5. The van der Waals surface area contributed by atoms with Crippen LogP contribution >= 0.6 is 0 Å². The summed E-state index contributed by atoms with van der Waals surface area (Å²) in [4.78, 5) is 2.30. The molecule has 46 heavy (non-hydrogen) atoms. The quantitative estimate of drug-likeness (QED) is 0.199. The van der Waals surface area contributed by atoms with Gasteiger partial charge >= 0.3 is 0 Å². The van der Waals surface area contributed by atoms with E-state index in [1.54, 1.807) is 0 Å². The van der Waals surface area contributed by atoms with Crippen LogP contribution in [0.4, 0.5) is 17.1 Å². The molecule has 0 bridgehead atoms. The minimum absolute atomic E-state index is 0.885. The number of furan rings is 1. The molecule has 1 aromatic heterocycles. The first kappa shape index (κ1) is 26.3. The van der Waals surface area contributed by atoms with Crippen molar-refractivity contribution in [2.24, 2.45) is 0 Å². The zero-order chi connectivity index (χ0) is 30.5. The molecule has 0 amide bonds. The lowest BCUT2D eigenvalue weighted by atomic mass is 9.96. The molecule has 0 N–H and O–H groups in total. The van der Waals surface area contributed by atoms with Crippen LogP contribution in [0.3, 0.4) is 0 Å². The van der Waals surface area contributed by atoms with E-state index in [1.807, 2.05) is 12.1 Å². The van der Waals surface area contributed by atoms with Crippen molar-refractivity contribution in [2.45, 2.75) is 0 Å². The zero-order valence-electron chi connectivity index (χ0n) is 25.1. The van der Waals surface area contributed by atoms with E-state index in [1.165, 1.54) is 43.8 Å². The van der Waals surface area contributed by atoms with E-state index in [4.69, 9.17) is 4.42 Å². The van der Waals surface area contributed by atoms with Crippen molar-refractivity contribution >= 4 is 60.5 Å². The van der Waals surface area contributed by atoms with Gasteiger partial charge in [-0.25, -0.2) is 0 Å². The molecule has 0 aliphatic heterocycles. The van der Waals surface area contributed by atoms with Crippen LogP contribution in [0.25, 0.3) is 65.7 Å². The first-order chi connectivity index (χ1) is 22.8. The number of para-hydroxylation sites is 2. The fourth-order valence-corrected chi connectivity index (χ4v) is 6.68. The van der Waals surface area contributed by atoms with E-state index in [9.17, 15) is 0 Å². The zero-order valence-corrected chi connectivity index (χ0v) is 25.1. The average Bonchev–Trinajstić information content (AvgIpc) is 3.50. The van der Waals surface area contributed by atoms with Gasteiger partial charge in [0.15, 0.2) is 0 Å². The molecule has 0 spiro atoms. The highest BCUT2D eigenvalue weighted by Crippen LogP contribution is 2.40. The lowest BCUT2D eigenvalue weighted by Crippen LogP contribution is -2.09. The Balaban J connectivity index is 1.10. The third kappa shape index (κ3) is 4.60. The van der Waals surface area contributed by atoms with E-state index in [-0.39, 0.29) is 0 Å². The molecule has 0 fully saturated rings. The Hall–Kier alpha value is -6.12. The highest BCUT2D eigenvalue weighted by atomic mass is 16.3. The van der Waals surface area contributed by atoms with Crippen LogP contribution in [0.2, 0.25) is 0 Å². The number of anilines is 3. The summed E-state index contributed by atoms with van der Waals surface area (Å²) in [5.74, 6) is 0. The highest BCUT2D eigenvalue weighted by molar-refractivity contribution is 6.06. The molecule has 0 saturated heterocycles. The summed E-state index contributed by atoms with van der Waals surface area (Å²) in [7, 11) is 0. The van der Waals surface area contributed by atoms with Crippen LogP contribution in [-0.4, -0.2) is 0 Å². The Kier molecular flexibility index (Phi) is 6.17. The van der Waals surface area contributed by atoms with Crippen molar-refractivity contribution in [1.29, 1.82) is 0 Å². The summed E-state index contributed by atoms with van der Waals surface area (Å²) in [6.45, 7) is 0. The Labute approximate surface area is 267 Å². The smallest absolute Gasteiger partial charge is 0.137 e. The van der Waals surface area contributed by atoms with Gasteiger partial charge in [0.25, 0.3) is 0 Å². The monoisotopic (exact) mass is 587 g/mol. The minimum atomic E-state index is 0.885. The maximum Gasteiger partial charge on any atom is 0.137 e. The van der Waals surface area contributed by atoms with Gasteiger partial charge in [-0.05, 0) is 104 Å². The first-order valence-electron chi connectivity index (χ1n) is 15.7. The predicted octanol–water partition coefficient (Wildman–Crippen LogP) is 12.7. The Morgan fingerprint density at radius 1 is 0.304 bits per heavy atom. The molecule has 1 heterocycles. The maximum atomic E-state index is 6.27. The number of benzene rings is 8. The first-order valence-corrected chi connectivity index (χ1v) is 15.7. The van der Waals surface area contributed by atoms with Crippen LogP contribution < -0.4 is 4.90 Å². The molecule has 2 heteroatoms. The largest absolute Gasteiger partial charge is 0.456 e. The van der Waals surface area contributed by atoms with Crippen LogP contribution in [0, 0.1) is 0 Å². The second-order valence-corrected chi connectivity index (χ2v) is 11.8. The third-order valence-electron chi connectivity index (χ3n) is 9.00. The van der Waals surface area contributed by atoms with Gasteiger partial charge in [-0.3, -0.25) is 0 Å². The summed E-state index contributed by atoms with van der Waals surface area (Å²) in [5, 5.41) is 7.18. The van der Waals surface area contributed by atoms with Gasteiger partial charge in [0.05, 0.1) is 0 Å². The van der Waals surface area contributed by atoms with E-state index in [2.05, 4.69) is 169 Å². The predicted molar refractivity (Wildman–Crippen MR) is 194 cm³/mol. The number of rotatable bonds is 5. The van der Waals surface area contributed by atoms with Crippen molar-refractivity contribution in [3.63, 3.8) is 0 Å². The summed E-state index contributed by atoms with van der Waals surface area (Å²) in [5.41, 5.74) is 9.91. The minimum Gasteiger partial charge on any atom is -0.456 e. The fraction of sp³-hybridized carbons (Fsp3) is 0. The number of fused-ring (bicyclic) bond motifs is 5. The van der Waals surface area contributed by atoms with Gasteiger partial charge in [0, 0.05) is 33.9 Å². The van der Waals surface area contributed by atoms with Gasteiger partial charge in [-0.15, -0.1) is 0 Å². The molecule has 9 rings (SSSR count). The molecule has 8 aromatic carbocycles. The van der Waals surface area contributed by atoms with Gasteiger partial charge in [0.1, 0.15) is 11.2 Å². The Bertz CT molecular complexity index is 2540. The lowest BCUT2D eigenvalue weighted by molar-refractivity contribution is 0.669. The van der Waals surface area contributed by atoms with E-state index in [0.29, 0.717) is 0 Å². The molecule has 0 unspecified atom stereocenters. The molecule has 0 aliphatic carbocycles. The van der Waals surface area contributed by atoms with Gasteiger partial charge in [-0.2, -0.15) is 0 Å². The Morgan fingerprint density at radius 3 is 1.70 bits per heavy atom. The number of hydrogen-bond acceptors (Lipinski definition) is 2. The van der Waals surface area contributed by atoms with Crippen LogP contribution in [0.5, 0.6) is 0 Å². The molecular weight excluding hydrogens is 558 g/mol. The SMILES string of the molecule is c1ccc(N(c2ccc3cc(-c4cccc(-c5ccc6ccccc6c5)c4)ccc3c2)c2ccc3c(c2)oc2ccccc23)cc1. The molecule has 2 nitrogen and oxygen atoms in total. The van der Waals surface area contributed by atoms with Gasteiger partial charge in [-0.1, -0.05) is 109 Å². The topological polar surface area (TPSA) is 16.4 Å². The van der Waals surface area contributed by atoms with E-state index < -0.39 is 0 Å². The van der Waals surface area contributed by atoms with Crippen LogP contribution in [0.15, 0.2) is 180 Å². The summed E-state index contributed by atoms with van der Waals surface area (Å²) >= 11 is 0. The van der Waals surface area contributed by atoms with Crippen molar-refractivity contribution in [1.82, 2.24) is 0 Å². The van der Waals surface area contributed by atoms with Crippen LogP contribution in [-0.2, 0) is 0 Å². The van der Waals surface area contributed by atoms with Crippen molar-refractivity contribution in [3.05, 3.63) is 176 Å². The van der Waals surface area contributed by atoms with E-state index >= 15 is 0 Å². The second-order valence-electron chi connectivity index (χ2n) is 11.8. The molecule has 9 aromatic rings. The average molecular weight is 588 g/mol. The van der Waals surface area contributed by atoms with Crippen molar-refractivity contribution in [3.8, 4) is 22.3 Å². The van der Waals surface area contributed by atoms with Gasteiger partial charge in [0.2, 0.25) is 0 Å². The lowest BCUT2D eigenvalue weighted by Gasteiger charge is -2.25. The highest BCUT2D eigenvalue weighted by Gasteiger charge is 2.16. The summed E-state index contributed by atoms with van der Waals surface area (Å²) in [6.07, 6.45) is 0. The number of hydrogen-bond donors (Lipinski definition) is 0. The standard InChI is InChI=1S/C44H29NO/c1-2-13-38(14-3-1)45(40-23-24-42-41-15-6-7-16-43(41)46-44(42)29-40)39-22-21-36-27-35(19-20-37(36)28-39)33-12-8-11-32(26-33)34-18-17-30-9-4-5-10-31(30)25-34/h1-29H. The summed E-state index contributed by atoms with van der Waals surface area (Å²) < 4.78 is 6.27. The molecule has 216 valence electrons. The molecule has 0 saturated carbocycles. The fourth-order valence-electron chi connectivity index (χ4n) is 6.68. The van der Waals surface area contributed by atoms with E-state index in [0.717, 1.165) is 39.0 Å². The summed E-state index contributed by atoms with van der Waals surface area (Å²) in [6, 6.07) is 62.8.